The normalized spacial score (nSPS) is 11.8. The molecule has 0 saturated heterocycles. The van der Waals surface area contributed by atoms with Crippen molar-refractivity contribution in [3.05, 3.63) is 12.2 Å². The molecule has 0 radical (unpaired) electrons. The van der Waals surface area contributed by atoms with Crippen molar-refractivity contribution in [3.8, 4) is 0 Å². The van der Waals surface area contributed by atoms with Gasteiger partial charge >= 0.3 is 11.9 Å². The highest BCUT2D eigenvalue weighted by molar-refractivity contribution is 5.71. The van der Waals surface area contributed by atoms with Crippen molar-refractivity contribution in [2.75, 3.05) is 0 Å². The van der Waals surface area contributed by atoms with Crippen LogP contribution in [0.15, 0.2) is 12.2 Å². The van der Waals surface area contributed by atoms with Crippen LogP contribution < -0.4 is 0 Å². The quantitative estimate of drug-likeness (QED) is 0.212. The highest BCUT2D eigenvalue weighted by Gasteiger charge is 2.07. The van der Waals surface area contributed by atoms with E-state index in [-0.39, 0.29) is 6.42 Å². The summed E-state index contributed by atoms with van der Waals surface area (Å²) in [4.78, 5) is 20.0. The predicted molar refractivity (Wildman–Crippen MR) is 111 cm³/mol. The fraction of sp³-hybridized carbons (Fsp3) is 0.818. The molecule has 0 heterocycles. The number of carbonyl (C=O) groups is 2. The zero-order valence-electron chi connectivity index (χ0n) is 17.5. The van der Waals surface area contributed by atoms with Gasteiger partial charge in [-0.1, -0.05) is 77.4 Å². The number of carboxylic acid groups (broad SMARTS) is 2. The van der Waals surface area contributed by atoms with E-state index >= 15 is 0 Å². The third kappa shape index (κ3) is 27.0. The van der Waals surface area contributed by atoms with E-state index in [1.807, 2.05) is 0 Å². The average molecular weight is 387 g/mol. The first-order valence-electron chi connectivity index (χ1n) is 10.7. The average Bonchev–Trinajstić information content (AvgIpc) is 2.64. The van der Waals surface area contributed by atoms with Crippen LogP contribution in [-0.2, 0) is 9.59 Å². The fourth-order valence-electron chi connectivity index (χ4n) is 2.52. The van der Waals surface area contributed by atoms with E-state index in [2.05, 4.69) is 19.1 Å². The van der Waals surface area contributed by atoms with Crippen molar-refractivity contribution in [1.29, 1.82) is 0 Å². The molecule has 0 aliphatic carbocycles. The van der Waals surface area contributed by atoms with Gasteiger partial charge < -0.3 is 15.3 Å². The number of allylic oxidation sites excluding steroid dienone is 2. The molecule has 3 N–H and O–H groups in total. The minimum Gasteiger partial charge on any atom is -0.481 e. The maximum Gasteiger partial charge on any atom is 0.332 e. The molecule has 0 saturated carbocycles. The van der Waals surface area contributed by atoms with E-state index in [0.29, 0.717) is 6.42 Å². The summed E-state index contributed by atoms with van der Waals surface area (Å²) in [6, 6.07) is 0. The molecule has 1 unspecified atom stereocenters. The summed E-state index contributed by atoms with van der Waals surface area (Å²) in [7, 11) is 0. The Balaban J connectivity index is 0. The van der Waals surface area contributed by atoms with E-state index in [9.17, 15) is 9.59 Å². The van der Waals surface area contributed by atoms with Gasteiger partial charge in [-0.15, -0.1) is 0 Å². The van der Waals surface area contributed by atoms with Crippen LogP contribution >= 0.6 is 0 Å². The summed E-state index contributed by atoms with van der Waals surface area (Å²) in [6.07, 6.45) is 20.3. The van der Waals surface area contributed by atoms with Crippen LogP contribution in [0.3, 0.4) is 0 Å². The van der Waals surface area contributed by atoms with Crippen molar-refractivity contribution in [1.82, 2.24) is 0 Å². The Labute approximate surface area is 165 Å². The van der Waals surface area contributed by atoms with Crippen LogP contribution in [0.4, 0.5) is 0 Å². The lowest BCUT2D eigenvalue weighted by Gasteiger charge is -1.99. The van der Waals surface area contributed by atoms with Crippen LogP contribution in [0.5, 0.6) is 0 Å². The second kappa shape index (κ2) is 22.7. The van der Waals surface area contributed by atoms with Gasteiger partial charge in [-0.25, -0.2) is 4.79 Å². The Morgan fingerprint density at radius 2 is 1.19 bits per heavy atom. The van der Waals surface area contributed by atoms with Crippen LogP contribution in [0, 0.1) is 0 Å². The smallest absolute Gasteiger partial charge is 0.332 e. The van der Waals surface area contributed by atoms with Gasteiger partial charge in [-0.05, 0) is 38.5 Å². The molecule has 0 aliphatic heterocycles. The molecule has 0 aromatic carbocycles. The van der Waals surface area contributed by atoms with E-state index in [0.717, 1.165) is 12.8 Å². The molecule has 0 spiro atoms. The van der Waals surface area contributed by atoms with E-state index in [4.69, 9.17) is 15.3 Å². The molecule has 0 rings (SSSR count). The monoisotopic (exact) mass is 386 g/mol. The van der Waals surface area contributed by atoms with Crippen molar-refractivity contribution in [2.45, 2.75) is 116 Å². The van der Waals surface area contributed by atoms with Crippen molar-refractivity contribution < 1.29 is 24.9 Å². The number of aliphatic hydroxyl groups is 1. The zero-order chi connectivity index (χ0) is 20.8. The molecule has 0 aliphatic rings. The maximum atomic E-state index is 10.3. The standard InChI is InChI=1S/C18H34O2.C4H8O3/c1-2-3-4-5-6-7-8-9-10-11-12-13-14-15-16-17-18(19)20;1-2-3(5)4(6)7/h9-10H,2-8,11-17H2,1H3,(H,19,20);3,5H,2H2,1H3,(H,6,7). The highest BCUT2D eigenvalue weighted by atomic mass is 16.4. The number of hydrogen-bond donors (Lipinski definition) is 3. The van der Waals surface area contributed by atoms with Crippen LogP contribution in [0.1, 0.15) is 110 Å². The van der Waals surface area contributed by atoms with E-state index < -0.39 is 18.0 Å². The molecular weight excluding hydrogens is 344 g/mol. The van der Waals surface area contributed by atoms with Gasteiger partial charge in [0.2, 0.25) is 0 Å². The Bertz CT molecular complexity index is 366. The number of aliphatic carboxylic acids is 2. The second-order valence-electron chi connectivity index (χ2n) is 6.99. The first-order chi connectivity index (χ1) is 13.0. The van der Waals surface area contributed by atoms with E-state index in [1.165, 1.54) is 70.6 Å². The van der Waals surface area contributed by atoms with Crippen molar-refractivity contribution >= 4 is 11.9 Å². The molecule has 0 aromatic rings. The first kappa shape index (κ1) is 27.9. The van der Waals surface area contributed by atoms with Crippen LogP contribution in [0.2, 0.25) is 0 Å². The third-order valence-corrected chi connectivity index (χ3v) is 4.32. The van der Waals surface area contributed by atoms with Gasteiger partial charge in [0.05, 0.1) is 0 Å². The molecule has 27 heavy (non-hydrogen) atoms. The Morgan fingerprint density at radius 1 is 0.741 bits per heavy atom. The summed E-state index contributed by atoms with van der Waals surface area (Å²) in [5, 5.41) is 24.8. The predicted octanol–water partition coefficient (Wildman–Crippen LogP) is 5.95. The number of aliphatic hydroxyl groups excluding tert-OH is 1. The zero-order valence-corrected chi connectivity index (χ0v) is 17.5. The van der Waals surface area contributed by atoms with E-state index in [1.54, 1.807) is 6.92 Å². The molecule has 5 heteroatoms. The molecule has 1 atom stereocenters. The lowest BCUT2D eigenvalue weighted by atomic mass is 10.1. The molecule has 160 valence electrons. The topological polar surface area (TPSA) is 94.8 Å². The number of rotatable bonds is 17. The van der Waals surface area contributed by atoms with Crippen LogP contribution in [0.25, 0.3) is 0 Å². The Hall–Kier alpha value is -1.36. The molecule has 0 bridgehead atoms. The number of hydrogen-bond acceptors (Lipinski definition) is 3. The summed E-state index contributed by atoms with van der Waals surface area (Å²) in [5.74, 6) is -1.81. The number of unbranched alkanes of at least 4 members (excludes halogenated alkanes) is 11. The molecular formula is C22H42O5. The molecule has 0 aromatic heterocycles. The lowest BCUT2D eigenvalue weighted by Crippen LogP contribution is -2.17. The summed E-state index contributed by atoms with van der Waals surface area (Å²) < 4.78 is 0. The van der Waals surface area contributed by atoms with Crippen molar-refractivity contribution in [3.63, 3.8) is 0 Å². The summed E-state index contributed by atoms with van der Waals surface area (Å²) in [5.41, 5.74) is 0. The summed E-state index contributed by atoms with van der Waals surface area (Å²) in [6.45, 7) is 3.87. The Morgan fingerprint density at radius 3 is 1.56 bits per heavy atom. The minimum atomic E-state index is -1.18. The largest absolute Gasteiger partial charge is 0.481 e. The fourth-order valence-corrected chi connectivity index (χ4v) is 2.52. The van der Waals surface area contributed by atoms with Crippen molar-refractivity contribution in [2.24, 2.45) is 0 Å². The lowest BCUT2D eigenvalue weighted by molar-refractivity contribution is -0.146. The van der Waals surface area contributed by atoms with Gasteiger partial charge in [0.25, 0.3) is 0 Å². The Kier molecular flexibility index (Phi) is 23.4. The first-order valence-corrected chi connectivity index (χ1v) is 10.7. The third-order valence-electron chi connectivity index (χ3n) is 4.32. The van der Waals surface area contributed by atoms with Crippen LogP contribution in [-0.4, -0.2) is 33.4 Å². The minimum absolute atomic E-state index is 0.273. The van der Waals surface area contributed by atoms with Gasteiger partial charge in [-0.2, -0.15) is 0 Å². The van der Waals surface area contributed by atoms with Gasteiger partial charge in [0, 0.05) is 6.42 Å². The summed E-state index contributed by atoms with van der Waals surface area (Å²) >= 11 is 0. The second-order valence-corrected chi connectivity index (χ2v) is 6.99. The molecule has 0 fully saturated rings. The van der Waals surface area contributed by atoms with Gasteiger partial charge in [0.1, 0.15) is 0 Å². The number of carboxylic acids is 2. The SMILES string of the molecule is CCC(O)C(=O)O.CCCCCCCCC=CCCCCCCCC(=O)O. The van der Waals surface area contributed by atoms with Gasteiger partial charge in [-0.3, -0.25) is 4.79 Å². The highest BCUT2D eigenvalue weighted by Crippen LogP contribution is 2.09. The molecule has 0 amide bonds. The molecule has 5 nitrogen and oxygen atoms in total. The van der Waals surface area contributed by atoms with Gasteiger partial charge in [0.15, 0.2) is 6.10 Å². The maximum absolute atomic E-state index is 10.3.